The van der Waals surface area contributed by atoms with Crippen LogP contribution in [0.15, 0.2) is 22.7 Å². The Hall–Kier alpha value is -1.03. The van der Waals surface area contributed by atoms with Crippen LogP contribution in [-0.4, -0.2) is 23.4 Å². The van der Waals surface area contributed by atoms with E-state index in [1.165, 1.54) is 25.7 Å². The van der Waals surface area contributed by atoms with Gasteiger partial charge >= 0.3 is 0 Å². The second-order valence-electron chi connectivity index (χ2n) is 5.98. The molecule has 1 atom stereocenters. The zero-order chi connectivity index (χ0) is 14.1. The summed E-state index contributed by atoms with van der Waals surface area (Å²) in [4.78, 5) is 14.9. The van der Waals surface area contributed by atoms with E-state index in [0.29, 0.717) is 23.2 Å². The highest BCUT2D eigenvalue weighted by Crippen LogP contribution is 2.36. The molecule has 1 aliphatic heterocycles. The molecule has 1 saturated heterocycles. The Morgan fingerprint density at radius 1 is 1.20 bits per heavy atom. The molecule has 1 aromatic carbocycles. The highest BCUT2D eigenvalue weighted by molar-refractivity contribution is 9.10. The van der Waals surface area contributed by atoms with E-state index in [1.54, 1.807) is 6.07 Å². The molecule has 0 spiro atoms. The summed E-state index contributed by atoms with van der Waals surface area (Å²) in [6, 6.07) is 5.97. The van der Waals surface area contributed by atoms with Crippen LogP contribution in [0.25, 0.3) is 0 Å². The molecule has 108 valence electrons. The van der Waals surface area contributed by atoms with Crippen LogP contribution in [0.3, 0.4) is 0 Å². The lowest BCUT2D eigenvalue weighted by Crippen LogP contribution is -2.39. The SMILES string of the molecule is Nc1ccc(Br)cc1C(=O)N1CCCC1C1CCCC1. The summed E-state index contributed by atoms with van der Waals surface area (Å²) in [6.07, 6.45) is 7.49. The maximum absolute atomic E-state index is 12.8. The molecule has 1 heterocycles. The van der Waals surface area contributed by atoms with Gasteiger partial charge in [-0.1, -0.05) is 28.8 Å². The van der Waals surface area contributed by atoms with E-state index in [9.17, 15) is 4.79 Å². The van der Waals surface area contributed by atoms with Gasteiger partial charge in [0.05, 0.1) is 5.56 Å². The van der Waals surface area contributed by atoms with Crippen LogP contribution in [-0.2, 0) is 0 Å². The zero-order valence-corrected chi connectivity index (χ0v) is 13.2. The van der Waals surface area contributed by atoms with E-state index in [4.69, 9.17) is 5.73 Å². The Kier molecular flexibility index (Phi) is 4.01. The van der Waals surface area contributed by atoms with Gasteiger partial charge in [-0.2, -0.15) is 0 Å². The molecule has 1 unspecified atom stereocenters. The fourth-order valence-electron chi connectivity index (χ4n) is 3.75. The van der Waals surface area contributed by atoms with Gasteiger partial charge in [-0.25, -0.2) is 0 Å². The number of carbonyl (C=O) groups is 1. The van der Waals surface area contributed by atoms with E-state index in [2.05, 4.69) is 20.8 Å². The molecule has 3 rings (SSSR count). The Morgan fingerprint density at radius 3 is 2.70 bits per heavy atom. The minimum absolute atomic E-state index is 0.109. The Labute approximate surface area is 128 Å². The first kappa shape index (κ1) is 13.9. The lowest BCUT2D eigenvalue weighted by atomic mass is 9.95. The van der Waals surface area contributed by atoms with Crippen molar-refractivity contribution >= 4 is 27.5 Å². The molecule has 4 heteroatoms. The van der Waals surface area contributed by atoms with Crippen molar-refractivity contribution in [2.45, 2.75) is 44.6 Å². The molecule has 2 N–H and O–H groups in total. The topological polar surface area (TPSA) is 46.3 Å². The molecule has 0 radical (unpaired) electrons. The first-order valence-corrected chi connectivity index (χ1v) is 8.32. The number of nitrogen functional groups attached to an aromatic ring is 1. The second-order valence-corrected chi connectivity index (χ2v) is 6.90. The molecule has 2 aliphatic rings. The summed E-state index contributed by atoms with van der Waals surface area (Å²) in [5.74, 6) is 0.813. The number of anilines is 1. The van der Waals surface area contributed by atoms with Crippen molar-refractivity contribution < 1.29 is 4.79 Å². The van der Waals surface area contributed by atoms with Gasteiger partial charge < -0.3 is 10.6 Å². The van der Waals surface area contributed by atoms with Crippen molar-refractivity contribution in [2.24, 2.45) is 5.92 Å². The quantitative estimate of drug-likeness (QED) is 0.834. The highest BCUT2D eigenvalue weighted by Gasteiger charge is 2.36. The molecule has 1 amide bonds. The normalized spacial score (nSPS) is 23.4. The number of benzene rings is 1. The number of nitrogens with zero attached hydrogens (tertiary/aromatic N) is 1. The molecular weight excluding hydrogens is 316 g/mol. The van der Waals surface area contributed by atoms with Crippen molar-refractivity contribution in [1.29, 1.82) is 0 Å². The summed E-state index contributed by atoms with van der Waals surface area (Å²) < 4.78 is 0.909. The minimum atomic E-state index is 0.109. The van der Waals surface area contributed by atoms with Crippen molar-refractivity contribution in [2.75, 3.05) is 12.3 Å². The van der Waals surface area contributed by atoms with Gasteiger partial charge in [0, 0.05) is 22.7 Å². The molecule has 0 bridgehead atoms. The Balaban J connectivity index is 1.83. The molecule has 0 aromatic heterocycles. The molecule has 1 aromatic rings. The standard InChI is InChI=1S/C16H21BrN2O/c17-12-7-8-14(18)13(10-12)16(20)19-9-3-6-15(19)11-4-1-2-5-11/h7-8,10-11,15H,1-6,9,18H2. The van der Waals surface area contributed by atoms with Gasteiger partial charge in [-0.3, -0.25) is 4.79 Å². The fourth-order valence-corrected chi connectivity index (χ4v) is 4.11. The van der Waals surface area contributed by atoms with Gasteiger partial charge in [0.25, 0.3) is 5.91 Å². The largest absolute Gasteiger partial charge is 0.398 e. The van der Waals surface area contributed by atoms with Crippen molar-refractivity contribution in [1.82, 2.24) is 4.90 Å². The molecule has 1 aliphatic carbocycles. The third-order valence-electron chi connectivity index (χ3n) is 4.75. The molecule has 2 fully saturated rings. The van der Waals surface area contributed by atoms with E-state index >= 15 is 0 Å². The van der Waals surface area contributed by atoms with Crippen molar-refractivity contribution in [3.8, 4) is 0 Å². The zero-order valence-electron chi connectivity index (χ0n) is 11.6. The van der Waals surface area contributed by atoms with Crippen LogP contribution in [0.2, 0.25) is 0 Å². The maximum Gasteiger partial charge on any atom is 0.256 e. The highest BCUT2D eigenvalue weighted by atomic mass is 79.9. The predicted molar refractivity (Wildman–Crippen MR) is 84.6 cm³/mol. The lowest BCUT2D eigenvalue weighted by molar-refractivity contribution is 0.0690. The number of hydrogen-bond donors (Lipinski definition) is 1. The Bertz CT molecular complexity index is 511. The minimum Gasteiger partial charge on any atom is -0.398 e. The molecule has 20 heavy (non-hydrogen) atoms. The number of nitrogens with two attached hydrogens (primary N) is 1. The van der Waals surface area contributed by atoms with Gasteiger partial charge in [0.1, 0.15) is 0 Å². The van der Waals surface area contributed by atoms with E-state index in [1.807, 2.05) is 12.1 Å². The smallest absolute Gasteiger partial charge is 0.256 e. The second kappa shape index (κ2) is 5.76. The molecular formula is C16H21BrN2O. The van der Waals surface area contributed by atoms with Crippen LogP contribution < -0.4 is 5.73 Å². The average molecular weight is 337 g/mol. The third kappa shape index (κ3) is 2.58. The number of amides is 1. The summed E-state index contributed by atoms with van der Waals surface area (Å²) >= 11 is 3.43. The Morgan fingerprint density at radius 2 is 1.95 bits per heavy atom. The first-order chi connectivity index (χ1) is 9.66. The van der Waals surface area contributed by atoms with Crippen LogP contribution in [0.1, 0.15) is 48.9 Å². The average Bonchev–Trinajstić information content (AvgIpc) is 3.10. The lowest BCUT2D eigenvalue weighted by Gasteiger charge is -2.30. The predicted octanol–water partition coefficient (Wildman–Crippen LogP) is 3.83. The van der Waals surface area contributed by atoms with Gasteiger partial charge in [-0.05, 0) is 49.8 Å². The fraction of sp³-hybridized carbons (Fsp3) is 0.562. The van der Waals surface area contributed by atoms with Gasteiger partial charge in [0.2, 0.25) is 0 Å². The van der Waals surface area contributed by atoms with Crippen molar-refractivity contribution in [3.05, 3.63) is 28.2 Å². The number of likely N-dealkylation sites (tertiary alicyclic amines) is 1. The summed E-state index contributed by atoms with van der Waals surface area (Å²) in [6.45, 7) is 0.881. The van der Waals surface area contributed by atoms with Crippen LogP contribution >= 0.6 is 15.9 Å². The van der Waals surface area contributed by atoms with Crippen LogP contribution in [0, 0.1) is 5.92 Å². The third-order valence-corrected chi connectivity index (χ3v) is 5.24. The maximum atomic E-state index is 12.8. The molecule has 1 saturated carbocycles. The van der Waals surface area contributed by atoms with E-state index in [0.717, 1.165) is 23.9 Å². The monoisotopic (exact) mass is 336 g/mol. The number of halogens is 1. The van der Waals surface area contributed by atoms with E-state index < -0.39 is 0 Å². The molecule has 3 nitrogen and oxygen atoms in total. The summed E-state index contributed by atoms with van der Waals surface area (Å²) in [5.41, 5.74) is 7.21. The van der Waals surface area contributed by atoms with Crippen molar-refractivity contribution in [3.63, 3.8) is 0 Å². The number of carbonyl (C=O) groups excluding carboxylic acids is 1. The van der Waals surface area contributed by atoms with Crippen LogP contribution in [0.4, 0.5) is 5.69 Å². The summed E-state index contributed by atoms with van der Waals surface area (Å²) in [7, 11) is 0. The number of hydrogen-bond acceptors (Lipinski definition) is 2. The summed E-state index contributed by atoms with van der Waals surface area (Å²) in [5, 5.41) is 0. The first-order valence-electron chi connectivity index (χ1n) is 7.53. The van der Waals surface area contributed by atoms with E-state index in [-0.39, 0.29) is 5.91 Å². The van der Waals surface area contributed by atoms with Crippen LogP contribution in [0.5, 0.6) is 0 Å². The van der Waals surface area contributed by atoms with Gasteiger partial charge in [0.15, 0.2) is 0 Å². The van der Waals surface area contributed by atoms with Gasteiger partial charge in [-0.15, -0.1) is 0 Å². The number of rotatable bonds is 2.